The summed E-state index contributed by atoms with van der Waals surface area (Å²) in [6.45, 7) is -0.0164. The van der Waals surface area contributed by atoms with Gasteiger partial charge in [-0.25, -0.2) is 4.39 Å². The van der Waals surface area contributed by atoms with Crippen LogP contribution in [0.1, 0.15) is 17.5 Å². The number of halogens is 1. The SMILES string of the molecule is O=C(CCc1ccccc1)Nc1ccc2c(c1)N(Cc1ccccc1F)C(=O)CO2. The smallest absolute Gasteiger partial charge is 0.265 e. The summed E-state index contributed by atoms with van der Waals surface area (Å²) in [5.74, 6) is -0.238. The third-order valence-electron chi connectivity index (χ3n) is 4.96. The first kappa shape index (κ1) is 19.6. The Bertz CT molecular complexity index is 1070. The third-order valence-corrected chi connectivity index (χ3v) is 4.96. The van der Waals surface area contributed by atoms with E-state index in [2.05, 4.69) is 5.32 Å². The van der Waals surface area contributed by atoms with E-state index in [0.717, 1.165) is 5.56 Å². The van der Waals surface area contributed by atoms with Gasteiger partial charge in [0.25, 0.3) is 5.91 Å². The summed E-state index contributed by atoms with van der Waals surface area (Å²) in [7, 11) is 0. The molecule has 0 unspecified atom stereocenters. The third kappa shape index (κ3) is 4.49. The van der Waals surface area contributed by atoms with Gasteiger partial charge in [-0.05, 0) is 36.2 Å². The molecule has 0 bridgehead atoms. The monoisotopic (exact) mass is 404 g/mol. The Kier molecular flexibility index (Phi) is 5.75. The number of amides is 2. The van der Waals surface area contributed by atoms with E-state index in [9.17, 15) is 14.0 Å². The van der Waals surface area contributed by atoms with Crippen LogP contribution in [0.3, 0.4) is 0 Å². The maximum Gasteiger partial charge on any atom is 0.265 e. The number of rotatable bonds is 6. The second-order valence-corrected chi connectivity index (χ2v) is 7.08. The van der Waals surface area contributed by atoms with E-state index in [1.165, 1.54) is 11.0 Å². The number of ether oxygens (including phenoxy) is 1. The Balaban J connectivity index is 1.49. The fraction of sp³-hybridized carbons (Fsp3) is 0.167. The van der Waals surface area contributed by atoms with Crippen molar-refractivity contribution in [3.63, 3.8) is 0 Å². The molecule has 6 heteroatoms. The van der Waals surface area contributed by atoms with Crippen LogP contribution in [-0.2, 0) is 22.6 Å². The number of hydrogen-bond donors (Lipinski definition) is 1. The van der Waals surface area contributed by atoms with Crippen molar-refractivity contribution in [3.8, 4) is 5.75 Å². The summed E-state index contributed by atoms with van der Waals surface area (Å²) in [6, 6.07) is 21.3. The molecular weight excluding hydrogens is 383 g/mol. The lowest BCUT2D eigenvalue weighted by Gasteiger charge is -2.30. The molecule has 1 aliphatic rings. The average Bonchev–Trinajstić information content (AvgIpc) is 2.76. The van der Waals surface area contributed by atoms with Crippen LogP contribution in [0.5, 0.6) is 5.75 Å². The molecule has 0 radical (unpaired) electrons. The number of benzene rings is 3. The second-order valence-electron chi connectivity index (χ2n) is 7.08. The highest BCUT2D eigenvalue weighted by atomic mass is 19.1. The van der Waals surface area contributed by atoms with Crippen LogP contribution >= 0.6 is 0 Å². The Morgan fingerprint density at radius 3 is 2.60 bits per heavy atom. The first-order valence-corrected chi connectivity index (χ1v) is 9.74. The summed E-state index contributed by atoms with van der Waals surface area (Å²) in [6.07, 6.45) is 0.980. The number of carbonyl (C=O) groups is 2. The molecule has 152 valence electrons. The van der Waals surface area contributed by atoms with Crippen molar-refractivity contribution in [2.45, 2.75) is 19.4 Å². The maximum absolute atomic E-state index is 14.1. The summed E-state index contributed by atoms with van der Waals surface area (Å²) in [5, 5.41) is 2.87. The molecule has 0 atom stereocenters. The molecule has 30 heavy (non-hydrogen) atoms. The van der Waals surface area contributed by atoms with Gasteiger partial charge in [0.05, 0.1) is 12.2 Å². The first-order valence-electron chi connectivity index (χ1n) is 9.74. The topological polar surface area (TPSA) is 58.6 Å². The van der Waals surface area contributed by atoms with Gasteiger partial charge in [0.15, 0.2) is 6.61 Å². The molecular formula is C24H21FN2O3. The van der Waals surface area contributed by atoms with Crippen LogP contribution in [0.2, 0.25) is 0 Å². The molecule has 0 saturated heterocycles. The van der Waals surface area contributed by atoms with E-state index in [1.807, 2.05) is 30.3 Å². The molecule has 0 aromatic heterocycles. The van der Waals surface area contributed by atoms with Gasteiger partial charge >= 0.3 is 0 Å². The number of nitrogens with zero attached hydrogens (tertiary/aromatic N) is 1. The van der Waals surface area contributed by atoms with Gasteiger partial charge in [0, 0.05) is 17.7 Å². The van der Waals surface area contributed by atoms with Crippen molar-refractivity contribution < 1.29 is 18.7 Å². The number of fused-ring (bicyclic) bond motifs is 1. The molecule has 0 aliphatic carbocycles. The zero-order valence-corrected chi connectivity index (χ0v) is 16.3. The van der Waals surface area contributed by atoms with E-state index in [-0.39, 0.29) is 30.8 Å². The molecule has 0 fully saturated rings. The molecule has 0 spiro atoms. The van der Waals surface area contributed by atoms with Crippen LogP contribution in [0.15, 0.2) is 72.8 Å². The number of hydrogen-bond acceptors (Lipinski definition) is 3. The Hall–Kier alpha value is -3.67. The lowest BCUT2D eigenvalue weighted by Crippen LogP contribution is -2.38. The van der Waals surface area contributed by atoms with Gasteiger partial charge in [0.2, 0.25) is 5.91 Å². The van der Waals surface area contributed by atoms with Crippen molar-refractivity contribution >= 4 is 23.2 Å². The second kappa shape index (κ2) is 8.78. The predicted octanol–water partition coefficient (Wildman–Crippen LogP) is 4.32. The summed E-state index contributed by atoms with van der Waals surface area (Å²) >= 11 is 0. The highest BCUT2D eigenvalue weighted by Gasteiger charge is 2.27. The number of nitrogens with one attached hydrogen (secondary N) is 1. The summed E-state index contributed by atoms with van der Waals surface area (Å²) in [4.78, 5) is 26.3. The Morgan fingerprint density at radius 2 is 1.80 bits per heavy atom. The van der Waals surface area contributed by atoms with E-state index in [4.69, 9.17) is 4.74 Å². The zero-order chi connectivity index (χ0) is 20.9. The molecule has 3 aromatic carbocycles. The van der Waals surface area contributed by atoms with Gasteiger partial charge in [-0.1, -0.05) is 48.5 Å². The van der Waals surface area contributed by atoms with Gasteiger partial charge in [-0.3, -0.25) is 9.59 Å². The molecule has 3 aromatic rings. The van der Waals surface area contributed by atoms with Gasteiger partial charge in [-0.15, -0.1) is 0 Å². The lowest BCUT2D eigenvalue weighted by molar-refractivity contribution is -0.121. The average molecular weight is 404 g/mol. The lowest BCUT2D eigenvalue weighted by atomic mass is 10.1. The molecule has 1 N–H and O–H groups in total. The van der Waals surface area contributed by atoms with Crippen LogP contribution in [0, 0.1) is 5.82 Å². The van der Waals surface area contributed by atoms with E-state index in [0.29, 0.717) is 35.5 Å². The van der Waals surface area contributed by atoms with E-state index < -0.39 is 0 Å². The van der Waals surface area contributed by atoms with E-state index in [1.54, 1.807) is 36.4 Å². The van der Waals surface area contributed by atoms with Crippen LogP contribution in [0.4, 0.5) is 15.8 Å². The zero-order valence-electron chi connectivity index (χ0n) is 16.3. The van der Waals surface area contributed by atoms with Crippen molar-refractivity contribution in [2.75, 3.05) is 16.8 Å². The highest BCUT2D eigenvalue weighted by Crippen LogP contribution is 2.35. The summed E-state index contributed by atoms with van der Waals surface area (Å²) < 4.78 is 19.6. The minimum Gasteiger partial charge on any atom is -0.482 e. The largest absolute Gasteiger partial charge is 0.482 e. The van der Waals surface area contributed by atoms with Crippen molar-refractivity contribution in [3.05, 3.63) is 89.7 Å². The molecule has 5 nitrogen and oxygen atoms in total. The number of carbonyl (C=O) groups excluding carboxylic acids is 2. The quantitative estimate of drug-likeness (QED) is 0.666. The molecule has 0 saturated carbocycles. The number of anilines is 2. The van der Waals surface area contributed by atoms with Crippen LogP contribution < -0.4 is 15.0 Å². The van der Waals surface area contributed by atoms with Crippen LogP contribution in [0.25, 0.3) is 0 Å². The van der Waals surface area contributed by atoms with Crippen LogP contribution in [-0.4, -0.2) is 18.4 Å². The first-order chi connectivity index (χ1) is 14.6. The molecule has 1 aliphatic heterocycles. The fourth-order valence-electron chi connectivity index (χ4n) is 3.38. The van der Waals surface area contributed by atoms with Gasteiger partial charge in [0.1, 0.15) is 11.6 Å². The normalized spacial score (nSPS) is 12.8. The molecule has 4 rings (SSSR count). The Morgan fingerprint density at radius 1 is 1.03 bits per heavy atom. The maximum atomic E-state index is 14.1. The minimum atomic E-state index is -0.372. The Labute approximate surface area is 174 Å². The summed E-state index contributed by atoms with van der Waals surface area (Å²) in [5.41, 5.74) is 2.57. The molecule has 1 heterocycles. The van der Waals surface area contributed by atoms with Crippen molar-refractivity contribution in [1.82, 2.24) is 0 Å². The van der Waals surface area contributed by atoms with Crippen molar-refractivity contribution in [2.24, 2.45) is 0 Å². The van der Waals surface area contributed by atoms with Gasteiger partial charge in [-0.2, -0.15) is 0 Å². The van der Waals surface area contributed by atoms with Crippen molar-refractivity contribution in [1.29, 1.82) is 0 Å². The highest BCUT2D eigenvalue weighted by molar-refractivity contribution is 5.99. The fourth-order valence-corrected chi connectivity index (χ4v) is 3.38. The molecule has 2 amide bonds. The number of aryl methyl sites for hydroxylation is 1. The minimum absolute atomic E-state index is 0.0905. The van der Waals surface area contributed by atoms with E-state index >= 15 is 0 Å². The van der Waals surface area contributed by atoms with Gasteiger partial charge < -0.3 is 15.0 Å². The standard InChI is InChI=1S/C24H21FN2O3/c25-20-9-5-4-8-18(20)15-27-21-14-19(11-12-22(21)30-16-24(27)29)26-23(28)13-10-17-6-2-1-3-7-17/h1-9,11-12,14H,10,13,15-16H2,(H,26,28). The predicted molar refractivity (Wildman–Crippen MR) is 113 cm³/mol.